The molecule has 0 unspecified atom stereocenters. The molecule has 0 amide bonds. The molecule has 1 aliphatic rings. The first-order chi connectivity index (χ1) is 8.38. The summed E-state index contributed by atoms with van der Waals surface area (Å²) in [6.07, 6.45) is 9.28. The number of rotatable bonds is 1. The van der Waals surface area contributed by atoms with Gasteiger partial charge in [0, 0.05) is 18.8 Å². The lowest BCUT2D eigenvalue weighted by atomic mass is 10.1. The fraction of sp³-hybridized carbons (Fsp3) is 0.385. The van der Waals surface area contributed by atoms with Crippen LogP contribution in [0.4, 0.5) is 5.69 Å². The van der Waals surface area contributed by atoms with Crippen molar-refractivity contribution in [2.75, 3.05) is 18.0 Å². The van der Waals surface area contributed by atoms with Crippen LogP contribution in [0.3, 0.4) is 0 Å². The molecular formula is C13H13N3O. The lowest BCUT2D eigenvalue weighted by Gasteiger charge is -2.28. The van der Waals surface area contributed by atoms with Crippen LogP contribution in [0, 0.1) is 12.3 Å². The van der Waals surface area contributed by atoms with Gasteiger partial charge in [-0.3, -0.25) is 0 Å². The van der Waals surface area contributed by atoms with Crippen molar-refractivity contribution in [3.8, 4) is 12.3 Å². The minimum atomic E-state index is 0.674. The number of fused-ring (bicyclic) bond motifs is 1. The van der Waals surface area contributed by atoms with Gasteiger partial charge in [0.1, 0.15) is 5.52 Å². The molecule has 2 heterocycles. The summed E-state index contributed by atoms with van der Waals surface area (Å²) < 4.78 is 4.74. The zero-order chi connectivity index (χ0) is 11.7. The van der Waals surface area contributed by atoms with Gasteiger partial charge in [-0.15, -0.1) is 6.42 Å². The van der Waals surface area contributed by atoms with Crippen LogP contribution >= 0.6 is 0 Å². The number of nitrogens with zero attached hydrogens (tertiary/aromatic N) is 3. The van der Waals surface area contributed by atoms with Gasteiger partial charge in [0.05, 0.1) is 5.56 Å². The molecule has 0 N–H and O–H groups in total. The molecule has 0 bridgehead atoms. The first kappa shape index (κ1) is 10.2. The second kappa shape index (κ2) is 4.10. The zero-order valence-corrected chi connectivity index (χ0v) is 9.52. The van der Waals surface area contributed by atoms with E-state index in [1.165, 1.54) is 19.3 Å². The smallest absolute Gasteiger partial charge is 0.150 e. The van der Waals surface area contributed by atoms with Gasteiger partial charge in [0.15, 0.2) is 5.52 Å². The molecule has 4 nitrogen and oxygen atoms in total. The molecule has 2 aromatic rings. The largest absolute Gasteiger partial charge is 0.371 e. The van der Waals surface area contributed by atoms with Gasteiger partial charge in [-0.1, -0.05) is 5.92 Å². The Balaban J connectivity index is 2.07. The third kappa shape index (κ3) is 1.74. The highest BCUT2D eigenvalue weighted by atomic mass is 16.6. The van der Waals surface area contributed by atoms with Gasteiger partial charge < -0.3 is 4.90 Å². The predicted octanol–water partition coefficient (Wildman–Crippen LogP) is 2.19. The SMILES string of the molecule is C#Cc1cc(N2CCCCC2)cc2nonc12. The Bertz CT molecular complexity index is 576. The molecule has 1 aromatic carbocycles. The summed E-state index contributed by atoms with van der Waals surface area (Å²) >= 11 is 0. The summed E-state index contributed by atoms with van der Waals surface area (Å²) in [5, 5.41) is 7.70. The number of hydrogen-bond donors (Lipinski definition) is 0. The van der Waals surface area contributed by atoms with Gasteiger partial charge in [0.25, 0.3) is 0 Å². The van der Waals surface area contributed by atoms with Crippen LogP contribution in [-0.2, 0) is 0 Å². The van der Waals surface area contributed by atoms with E-state index in [-0.39, 0.29) is 0 Å². The molecule has 17 heavy (non-hydrogen) atoms. The Kier molecular flexibility index (Phi) is 2.45. The molecule has 3 rings (SSSR count). The standard InChI is InChI=1S/C13H13N3O/c1-2-10-8-11(16-6-4-3-5-7-16)9-12-13(10)15-17-14-12/h1,8-9H,3-7H2. The van der Waals surface area contributed by atoms with Gasteiger partial charge >= 0.3 is 0 Å². The predicted molar refractivity (Wildman–Crippen MR) is 65.8 cm³/mol. The molecule has 0 saturated carbocycles. The van der Waals surface area contributed by atoms with Gasteiger partial charge in [0.2, 0.25) is 0 Å². The third-order valence-corrected chi connectivity index (χ3v) is 3.22. The molecular weight excluding hydrogens is 214 g/mol. The molecule has 1 aliphatic heterocycles. The number of terminal acetylenes is 1. The number of benzene rings is 1. The molecule has 1 saturated heterocycles. The summed E-state index contributed by atoms with van der Waals surface area (Å²) in [5.41, 5.74) is 3.29. The molecule has 0 atom stereocenters. The van der Waals surface area contributed by atoms with E-state index in [2.05, 4.69) is 21.1 Å². The average Bonchev–Trinajstić information content (AvgIpc) is 2.86. The van der Waals surface area contributed by atoms with Crippen molar-refractivity contribution < 1.29 is 4.63 Å². The van der Waals surface area contributed by atoms with Crippen molar-refractivity contribution >= 4 is 16.7 Å². The van der Waals surface area contributed by atoms with Crippen molar-refractivity contribution in [3.05, 3.63) is 17.7 Å². The zero-order valence-electron chi connectivity index (χ0n) is 9.52. The van der Waals surface area contributed by atoms with E-state index >= 15 is 0 Å². The van der Waals surface area contributed by atoms with E-state index < -0.39 is 0 Å². The van der Waals surface area contributed by atoms with Crippen LogP contribution in [-0.4, -0.2) is 23.4 Å². The maximum Gasteiger partial charge on any atom is 0.150 e. The van der Waals surface area contributed by atoms with Crippen molar-refractivity contribution in [1.29, 1.82) is 0 Å². The minimum Gasteiger partial charge on any atom is -0.371 e. The van der Waals surface area contributed by atoms with E-state index in [1.807, 2.05) is 12.1 Å². The monoisotopic (exact) mass is 227 g/mol. The quantitative estimate of drug-likeness (QED) is 0.700. The molecule has 1 aromatic heterocycles. The molecule has 1 fully saturated rings. The summed E-state index contributed by atoms with van der Waals surface area (Å²) in [5.74, 6) is 2.65. The molecule has 4 heteroatoms. The number of aromatic nitrogens is 2. The average molecular weight is 227 g/mol. The van der Waals surface area contributed by atoms with Crippen LogP contribution in [0.25, 0.3) is 11.0 Å². The lowest BCUT2D eigenvalue weighted by molar-refractivity contribution is 0.315. The lowest BCUT2D eigenvalue weighted by Crippen LogP contribution is -2.29. The Morgan fingerprint density at radius 1 is 1.18 bits per heavy atom. The third-order valence-electron chi connectivity index (χ3n) is 3.22. The van der Waals surface area contributed by atoms with Crippen LogP contribution in [0.2, 0.25) is 0 Å². The summed E-state index contributed by atoms with van der Waals surface area (Å²) in [7, 11) is 0. The summed E-state index contributed by atoms with van der Waals surface area (Å²) in [6, 6.07) is 4.00. The first-order valence-corrected chi connectivity index (χ1v) is 5.86. The van der Waals surface area contributed by atoms with Gasteiger partial charge in [-0.25, -0.2) is 4.63 Å². The number of anilines is 1. The van der Waals surface area contributed by atoms with E-state index in [9.17, 15) is 0 Å². The van der Waals surface area contributed by atoms with Crippen molar-refractivity contribution in [1.82, 2.24) is 10.3 Å². The summed E-state index contributed by atoms with van der Waals surface area (Å²) in [6.45, 7) is 2.17. The highest BCUT2D eigenvalue weighted by Crippen LogP contribution is 2.25. The highest BCUT2D eigenvalue weighted by Gasteiger charge is 2.14. The van der Waals surface area contributed by atoms with Gasteiger partial charge in [-0.2, -0.15) is 0 Å². The Hall–Kier alpha value is -2.02. The Morgan fingerprint density at radius 2 is 2.00 bits per heavy atom. The number of piperidine rings is 1. The van der Waals surface area contributed by atoms with Crippen molar-refractivity contribution in [2.45, 2.75) is 19.3 Å². The number of hydrogen-bond acceptors (Lipinski definition) is 4. The fourth-order valence-electron chi connectivity index (χ4n) is 2.32. The minimum absolute atomic E-state index is 0.674. The van der Waals surface area contributed by atoms with Crippen molar-refractivity contribution in [2.24, 2.45) is 0 Å². The van der Waals surface area contributed by atoms with E-state index in [0.29, 0.717) is 5.52 Å². The maximum atomic E-state index is 5.50. The van der Waals surface area contributed by atoms with Gasteiger partial charge in [-0.05, 0) is 41.7 Å². The summed E-state index contributed by atoms with van der Waals surface area (Å²) in [4.78, 5) is 2.35. The Labute approximate surface area is 99.6 Å². The Morgan fingerprint density at radius 3 is 2.76 bits per heavy atom. The molecule has 0 spiro atoms. The highest BCUT2D eigenvalue weighted by molar-refractivity contribution is 5.84. The normalized spacial score (nSPS) is 16.1. The first-order valence-electron chi connectivity index (χ1n) is 5.86. The second-order valence-electron chi connectivity index (χ2n) is 4.32. The van der Waals surface area contributed by atoms with E-state index in [1.54, 1.807) is 0 Å². The van der Waals surface area contributed by atoms with Crippen LogP contribution in [0.1, 0.15) is 24.8 Å². The molecule has 86 valence electrons. The molecule has 0 aliphatic carbocycles. The topological polar surface area (TPSA) is 42.2 Å². The maximum absolute atomic E-state index is 5.50. The molecule has 0 radical (unpaired) electrons. The van der Waals surface area contributed by atoms with Crippen LogP contribution in [0.15, 0.2) is 16.8 Å². The van der Waals surface area contributed by atoms with Crippen molar-refractivity contribution in [3.63, 3.8) is 0 Å². The van der Waals surface area contributed by atoms with E-state index in [0.717, 1.165) is 29.9 Å². The second-order valence-corrected chi connectivity index (χ2v) is 4.32. The van der Waals surface area contributed by atoms with E-state index in [4.69, 9.17) is 11.1 Å². The van der Waals surface area contributed by atoms with Crippen LogP contribution in [0.5, 0.6) is 0 Å². The fourth-order valence-corrected chi connectivity index (χ4v) is 2.32. The van der Waals surface area contributed by atoms with Crippen LogP contribution < -0.4 is 4.90 Å².